The molecule has 2 rings (SSSR count). The Morgan fingerprint density at radius 2 is 1.75 bits per heavy atom. The van der Waals surface area contributed by atoms with Gasteiger partial charge in [0.2, 0.25) is 0 Å². The van der Waals surface area contributed by atoms with Crippen molar-refractivity contribution in [1.82, 2.24) is 0 Å². The summed E-state index contributed by atoms with van der Waals surface area (Å²) in [7, 11) is -3.72. The standard InChI is InChI=1S/C14H17ClO4S/c15-13-5-7-14(8-6-13)20(17,18)19-10-12-3-1-11(9-16)2-4-12/h5-9,11-12H,1-4,10H2. The number of hydrogen-bond acceptors (Lipinski definition) is 4. The molecule has 1 saturated carbocycles. The lowest BCUT2D eigenvalue weighted by Crippen LogP contribution is -2.21. The summed E-state index contributed by atoms with van der Waals surface area (Å²) in [5, 5.41) is 0.483. The molecule has 0 amide bonds. The van der Waals surface area contributed by atoms with E-state index in [0.29, 0.717) is 5.02 Å². The molecule has 1 fully saturated rings. The third kappa shape index (κ3) is 4.04. The molecule has 20 heavy (non-hydrogen) atoms. The number of hydrogen-bond donors (Lipinski definition) is 0. The van der Waals surface area contributed by atoms with E-state index in [1.165, 1.54) is 24.3 Å². The van der Waals surface area contributed by atoms with Crippen LogP contribution in [-0.4, -0.2) is 21.3 Å². The Balaban J connectivity index is 1.90. The van der Waals surface area contributed by atoms with Crippen LogP contribution in [0.4, 0.5) is 0 Å². The molecule has 0 aliphatic heterocycles. The van der Waals surface area contributed by atoms with Gasteiger partial charge < -0.3 is 4.79 Å². The van der Waals surface area contributed by atoms with Gasteiger partial charge in [0.15, 0.2) is 0 Å². The topological polar surface area (TPSA) is 60.4 Å². The van der Waals surface area contributed by atoms with Crippen LogP contribution in [0.15, 0.2) is 29.2 Å². The first kappa shape index (κ1) is 15.5. The molecule has 0 spiro atoms. The molecule has 0 heterocycles. The molecular weight excluding hydrogens is 300 g/mol. The van der Waals surface area contributed by atoms with Gasteiger partial charge in [-0.15, -0.1) is 0 Å². The molecule has 0 saturated heterocycles. The molecule has 6 heteroatoms. The normalized spacial score (nSPS) is 23.4. The van der Waals surface area contributed by atoms with Crippen molar-refractivity contribution in [2.45, 2.75) is 30.6 Å². The van der Waals surface area contributed by atoms with E-state index < -0.39 is 10.1 Å². The minimum Gasteiger partial charge on any atom is -0.303 e. The van der Waals surface area contributed by atoms with Gasteiger partial charge in [-0.3, -0.25) is 4.18 Å². The fourth-order valence-corrected chi connectivity index (χ4v) is 3.45. The summed E-state index contributed by atoms with van der Waals surface area (Å²) < 4.78 is 29.1. The molecule has 0 radical (unpaired) electrons. The van der Waals surface area contributed by atoms with Gasteiger partial charge in [-0.25, -0.2) is 0 Å². The van der Waals surface area contributed by atoms with E-state index in [1.807, 2.05) is 0 Å². The number of benzene rings is 1. The van der Waals surface area contributed by atoms with Crippen LogP contribution in [0, 0.1) is 11.8 Å². The van der Waals surface area contributed by atoms with Gasteiger partial charge >= 0.3 is 0 Å². The van der Waals surface area contributed by atoms with E-state index in [9.17, 15) is 13.2 Å². The average Bonchev–Trinajstić information content (AvgIpc) is 2.46. The quantitative estimate of drug-likeness (QED) is 0.619. The highest BCUT2D eigenvalue weighted by Gasteiger charge is 2.23. The summed E-state index contributed by atoms with van der Waals surface area (Å²) in [5.41, 5.74) is 0. The van der Waals surface area contributed by atoms with Crippen molar-refractivity contribution in [2.24, 2.45) is 11.8 Å². The zero-order chi connectivity index (χ0) is 14.6. The Kier molecular flexibility index (Phi) is 5.18. The van der Waals surface area contributed by atoms with Gasteiger partial charge in [0.25, 0.3) is 10.1 Å². The second-order valence-electron chi connectivity index (χ2n) is 5.11. The Bertz CT molecular complexity index is 545. The van der Waals surface area contributed by atoms with Crippen molar-refractivity contribution in [1.29, 1.82) is 0 Å². The Hall–Kier alpha value is -0.910. The molecule has 1 aromatic rings. The van der Waals surface area contributed by atoms with Crippen LogP contribution in [0.2, 0.25) is 5.02 Å². The van der Waals surface area contributed by atoms with Crippen molar-refractivity contribution >= 4 is 28.0 Å². The number of carbonyl (C=O) groups is 1. The van der Waals surface area contributed by atoms with Crippen molar-refractivity contribution in [3.05, 3.63) is 29.3 Å². The monoisotopic (exact) mass is 316 g/mol. The van der Waals surface area contributed by atoms with Crippen molar-refractivity contribution < 1.29 is 17.4 Å². The third-order valence-electron chi connectivity index (χ3n) is 3.65. The van der Waals surface area contributed by atoms with Gasteiger partial charge in [0.05, 0.1) is 11.5 Å². The van der Waals surface area contributed by atoms with Gasteiger partial charge in [-0.05, 0) is 55.9 Å². The van der Waals surface area contributed by atoms with Gasteiger partial charge in [0.1, 0.15) is 6.29 Å². The second-order valence-corrected chi connectivity index (χ2v) is 7.16. The van der Waals surface area contributed by atoms with Crippen molar-refractivity contribution in [3.63, 3.8) is 0 Å². The maximum Gasteiger partial charge on any atom is 0.296 e. The van der Waals surface area contributed by atoms with Crippen molar-refractivity contribution in [3.8, 4) is 0 Å². The van der Waals surface area contributed by atoms with E-state index in [-0.39, 0.29) is 23.3 Å². The Morgan fingerprint density at radius 3 is 2.30 bits per heavy atom. The first-order valence-electron chi connectivity index (χ1n) is 6.61. The fraction of sp³-hybridized carbons (Fsp3) is 0.500. The molecule has 1 aromatic carbocycles. The number of carbonyl (C=O) groups excluding carboxylic acids is 1. The van der Waals surface area contributed by atoms with E-state index in [4.69, 9.17) is 15.8 Å². The SMILES string of the molecule is O=CC1CCC(COS(=O)(=O)c2ccc(Cl)cc2)CC1. The molecule has 110 valence electrons. The Labute approximate surface area is 124 Å². The summed E-state index contributed by atoms with van der Waals surface area (Å²) in [4.78, 5) is 10.8. The predicted molar refractivity (Wildman–Crippen MR) is 76.1 cm³/mol. The van der Waals surface area contributed by atoms with Crippen LogP contribution in [0.25, 0.3) is 0 Å². The summed E-state index contributed by atoms with van der Waals surface area (Å²) in [6, 6.07) is 5.90. The first-order chi connectivity index (χ1) is 9.51. The van der Waals surface area contributed by atoms with Crippen LogP contribution >= 0.6 is 11.6 Å². The number of aldehydes is 1. The molecule has 0 bridgehead atoms. The largest absolute Gasteiger partial charge is 0.303 e. The molecule has 0 aromatic heterocycles. The number of halogens is 1. The minimum absolute atomic E-state index is 0.114. The predicted octanol–water partition coefficient (Wildman–Crippen LogP) is 3.05. The van der Waals surface area contributed by atoms with Gasteiger partial charge in [-0.1, -0.05) is 11.6 Å². The van der Waals surface area contributed by atoms with E-state index in [1.54, 1.807) is 0 Å². The van der Waals surface area contributed by atoms with E-state index >= 15 is 0 Å². The summed E-state index contributed by atoms with van der Waals surface area (Å²) in [6.07, 6.45) is 4.29. The molecule has 1 aliphatic carbocycles. The van der Waals surface area contributed by atoms with Gasteiger partial charge in [-0.2, -0.15) is 8.42 Å². The maximum absolute atomic E-state index is 12.0. The van der Waals surface area contributed by atoms with Crippen LogP contribution in [0.1, 0.15) is 25.7 Å². The van der Waals surface area contributed by atoms with E-state index in [0.717, 1.165) is 32.0 Å². The fourth-order valence-electron chi connectivity index (χ4n) is 2.35. The highest BCUT2D eigenvalue weighted by atomic mass is 35.5. The molecule has 0 atom stereocenters. The highest BCUT2D eigenvalue weighted by Crippen LogP contribution is 2.28. The van der Waals surface area contributed by atoms with Crippen LogP contribution < -0.4 is 0 Å². The summed E-state index contributed by atoms with van der Waals surface area (Å²) >= 11 is 5.72. The summed E-state index contributed by atoms with van der Waals surface area (Å²) in [6.45, 7) is 0.177. The average molecular weight is 317 g/mol. The maximum atomic E-state index is 12.0. The minimum atomic E-state index is -3.72. The number of rotatable bonds is 5. The molecule has 4 nitrogen and oxygen atoms in total. The van der Waals surface area contributed by atoms with Gasteiger partial charge in [0, 0.05) is 10.9 Å². The zero-order valence-electron chi connectivity index (χ0n) is 11.0. The molecule has 0 N–H and O–H groups in total. The molecule has 0 unspecified atom stereocenters. The lowest BCUT2D eigenvalue weighted by Gasteiger charge is -2.24. The van der Waals surface area contributed by atoms with Crippen molar-refractivity contribution in [2.75, 3.05) is 6.61 Å². The molecule has 1 aliphatic rings. The lowest BCUT2D eigenvalue weighted by molar-refractivity contribution is -0.112. The first-order valence-corrected chi connectivity index (χ1v) is 8.40. The van der Waals surface area contributed by atoms with E-state index in [2.05, 4.69) is 0 Å². The smallest absolute Gasteiger partial charge is 0.296 e. The third-order valence-corrected chi connectivity index (χ3v) is 5.19. The summed E-state index contributed by atoms with van der Waals surface area (Å²) in [5.74, 6) is 0.326. The van der Waals surface area contributed by atoms with Crippen LogP contribution in [0.3, 0.4) is 0 Å². The lowest BCUT2D eigenvalue weighted by atomic mass is 9.83. The zero-order valence-corrected chi connectivity index (χ0v) is 12.6. The van der Waals surface area contributed by atoms with Crippen LogP contribution in [0.5, 0.6) is 0 Å². The molecular formula is C14H17ClO4S. The Morgan fingerprint density at radius 1 is 1.15 bits per heavy atom. The van der Waals surface area contributed by atoms with Crippen LogP contribution in [-0.2, 0) is 19.1 Å². The second kappa shape index (κ2) is 6.70. The highest BCUT2D eigenvalue weighted by molar-refractivity contribution is 7.86.